The Morgan fingerprint density at radius 1 is 1.08 bits per heavy atom. The number of Topliss-reactive ketones (excluding diaryl/α,β-unsaturated/α-hetero) is 1. The van der Waals surface area contributed by atoms with E-state index in [0.717, 1.165) is 17.0 Å². The van der Waals surface area contributed by atoms with Gasteiger partial charge in [0, 0.05) is 46.0 Å². The Kier molecular flexibility index (Phi) is 8.39. The van der Waals surface area contributed by atoms with Gasteiger partial charge in [-0.05, 0) is 61.6 Å². The third-order valence-corrected chi connectivity index (χ3v) is 7.14. The van der Waals surface area contributed by atoms with E-state index in [1.54, 1.807) is 25.3 Å². The van der Waals surface area contributed by atoms with Crippen LogP contribution in [0.15, 0.2) is 65.0 Å². The number of hydrogen-bond acceptors (Lipinski definition) is 6. The van der Waals surface area contributed by atoms with Crippen molar-refractivity contribution in [1.29, 1.82) is 0 Å². The second-order valence-corrected chi connectivity index (χ2v) is 9.63. The van der Waals surface area contributed by atoms with Crippen molar-refractivity contribution < 1.29 is 23.8 Å². The SMILES string of the molecule is CCOCCOC(=O)C1=C(C)NC2=C(C(=O)CC(c3ccc(OC)cc3)C2)C1c1ccc(Cl)cc1Cl. The van der Waals surface area contributed by atoms with Crippen LogP contribution in [0, 0.1) is 0 Å². The van der Waals surface area contributed by atoms with Crippen molar-refractivity contribution in [2.45, 2.75) is 38.5 Å². The molecule has 2 atom stereocenters. The highest BCUT2D eigenvalue weighted by Crippen LogP contribution is 2.47. The van der Waals surface area contributed by atoms with Crippen molar-refractivity contribution in [3.63, 3.8) is 0 Å². The standard InChI is InChI=1S/C28H29Cl2NO5/c1-4-35-11-12-36-28(33)25-16(2)31-23-13-18(17-5-8-20(34-3)9-6-17)14-24(32)27(23)26(25)21-10-7-19(29)15-22(21)30/h5-10,15,18,26,31H,4,11-14H2,1-3H3. The summed E-state index contributed by atoms with van der Waals surface area (Å²) in [6, 6.07) is 12.9. The summed E-state index contributed by atoms with van der Waals surface area (Å²) in [6.45, 7) is 4.64. The van der Waals surface area contributed by atoms with Crippen LogP contribution in [0.3, 0.4) is 0 Å². The summed E-state index contributed by atoms with van der Waals surface area (Å²) in [6.07, 6.45) is 0.944. The average Bonchev–Trinajstić information content (AvgIpc) is 2.85. The lowest BCUT2D eigenvalue weighted by atomic mass is 9.71. The van der Waals surface area contributed by atoms with Crippen LogP contribution in [0.25, 0.3) is 0 Å². The number of carbonyl (C=O) groups excluding carboxylic acids is 2. The fraction of sp³-hybridized carbons (Fsp3) is 0.357. The highest BCUT2D eigenvalue weighted by Gasteiger charge is 2.42. The lowest BCUT2D eigenvalue weighted by Crippen LogP contribution is -2.36. The summed E-state index contributed by atoms with van der Waals surface area (Å²) in [5.74, 6) is -0.432. The van der Waals surface area contributed by atoms with Crippen molar-refractivity contribution in [2.24, 2.45) is 0 Å². The monoisotopic (exact) mass is 529 g/mol. The minimum absolute atomic E-state index is 0.00323. The molecule has 2 aliphatic rings. The maximum absolute atomic E-state index is 13.7. The molecule has 0 spiro atoms. The number of ketones is 1. The predicted octanol–water partition coefficient (Wildman–Crippen LogP) is 5.94. The van der Waals surface area contributed by atoms with E-state index < -0.39 is 11.9 Å². The zero-order valence-corrected chi connectivity index (χ0v) is 22.0. The van der Waals surface area contributed by atoms with Crippen LogP contribution >= 0.6 is 23.2 Å². The number of methoxy groups -OCH3 is 1. The Balaban J connectivity index is 1.72. The molecule has 2 aromatic rings. The number of allylic oxidation sites excluding steroid dienone is 3. The van der Waals surface area contributed by atoms with Crippen molar-refractivity contribution in [2.75, 3.05) is 26.9 Å². The van der Waals surface area contributed by atoms with Crippen molar-refractivity contribution in [3.8, 4) is 5.75 Å². The normalized spacial score (nSPS) is 19.6. The quantitative estimate of drug-likeness (QED) is 0.336. The van der Waals surface area contributed by atoms with Gasteiger partial charge >= 0.3 is 5.97 Å². The average molecular weight is 530 g/mol. The number of dihydropyridines is 1. The molecule has 6 nitrogen and oxygen atoms in total. The van der Waals surface area contributed by atoms with Crippen molar-refractivity contribution in [1.82, 2.24) is 5.32 Å². The number of ether oxygens (including phenoxy) is 3. The molecule has 1 heterocycles. The summed E-state index contributed by atoms with van der Waals surface area (Å²) in [7, 11) is 1.62. The Labute approximate surface area is 221 Å². The number of rotatable bonds is 8. The number of carbonyl (C=O) groups is 2. The Morgan fingerprint density at radius 3 is 2.50 bits per heavy atom. The van der Waals surface area contributed by atoms with Gasteiger partial charge in [0.1, 0.15) is 12.4 Å². The van der Waals surface area contributed by atoms with E-state index in [9.17, 15) is 9.59 Å². The molecule has 0 saturated heterocycles. The van der Waals surface area contributed by atoms with Gasteiger partial charge in [-0.15, -0.1) is 0 Å². The maximum Gasteiger partial charge on any atom is 0.336 e. The highest BCUT2D eigenvalue weighted by atomic mass is 35.5. The van der Waals surface area contributed by atoms with Crippen LogP contribution in [-0.2, 0) is 19.1 Å². The molecule has 0 aromatic heterocycles. The Bertz CT molecular complexity index is 1220. The summed E-state index contributed by atoms with van der Waals surface area (Å²) >= 11 is 12.8. The fourth-order valence-corrected chi connectivity index (χ4v) is 5.40. The number of nitrogens with one attached hydrogen (secondary N) is 1. The minimum atomic E-state index is -0.657. The molecule has 1 aliphatic carbocycles. The molecular weight excluding hydrogens is 501 g/mol. The summed E-state index contributed by atoms with van der Waals surface area (Å²) in [5, 5.41) is 4.21. The molecular formula is C28H29Cl2NO5. The summed E-state index contributed by atoms with van der Waals surface area (Å²) in [4.78, 5) is 27.0. The van der Waals surface area contributed by atoms with Gasteiger partial charge in [-0.1, -0.05) is 41.4 Å². The van der Waals surface area contributed by atoms with Gasteiger partial charge < -0.3 is 19.5 Å². The molecule has 0 amide bonds. The van der Waals surface area contributed by atoms with Gasteiger partial charge in [-0.3, -0.25) is 4.79 Å². The van der Waals surface area contributed by atoms with Crippen molar-refractivity contribution in [3.05, 3.63) is 86.2 Å². The van der Waals surface area contributed by atoms with E-state index >= 15 is 0 Å². The summed E-state index contributed by atoms with van der Waals surface area (Å²) in [5.41, 5.74) is 4.04. The number of halogens is 2. The lowest BCUT2D eigenvalue weighted by molar-refractivity contribution is -0.140. The topological polar surface area (TPSA) is 73.9 Å². The molecule has 190 valence electrons. The zero-order valence-electron chi connectivity index (χ0n) is 20.5. The first-order chi connectivity index (χ1) is 17.3. The Hall–Kier alpha value is -2.80. The molecule has 0 bridgehead atoms. The third kappa shape index (κ3) is 5.46. The number of hydrogen-bond donors (Lipinski definition) is 1. The molecule has 4 rings (SSSR count). The molecule has 8 heteroatoms. The van der Waals surface area contributed by atoms with E-state index in [4.69, 9.17) is 37.4 Å². The van der Waals surface area contributed by atoms with Gasteiger partial charge in [0.2, 0.25) is 0 Å². The van der Waals surface area contributed by atoms with E-state index in [2.05, 4.69) is 5.32 Å². The van der Waals surface area contributed by atoms with E-state index in [-0.39, 0.29) is 18.3 Å². The molecule has 1 aliphatic heterocycles. The van der Waals surface area contributed by atoms with Crippen LogP contribution in [0.2, 0.25) is 10.0 Å². The molecule has 36 heavy (non-hydrogen) atoms. The van der Waals surface area contributed by atoms with Gasteiger partial charge in [-0.2, -0.15) is 0 Å². The number of esters is 1. The van der Waals surface area contributed by atoms with E-state index in [0.29, 0.717) is 58.5 Å². The van der Waals surface area contributed by atoms with Gasteiger partial charge in [0.05, 0.1) is 19.3 Å². The fourth-order valence-electron chi connectivity index (χ4n) is 4.88. The first-order valence-corrected chi connectivity index (χ1v) is 12.7. The smallest absolute Gasteiger partial charge is 0.336 e. The van der Waals surface area contributed by atoms with Gasteiger partial charge in [-0.25, -0.2) is 4.79 Å². The van der Waals surface area contributed by atoms with Gasteiger partial charge in [0.25, 0.3) is 0 Å². The van der Waals surface area contributed by atoms with E-state index in [1.165, 1.54) is 0 Å². The second-order valence-electron chi connectivity index (χ2n) is 8.79. The zero-order chi connectivity index (χ0) is 25.8. The van der Waals surface area contributed by atoms with Crippen LogP contribution in [-0.4, -0.2) is 38.7 Å². The molecule has 0 saturated carbocycles. The Morgan fingerprint density at radius 2 is 1.83 bits per heavy atom. The van der Waals surface area contributed by atoms with Crippen LogP contribution in [0.1, 0.15) is 49.7 Å². The highest BCUT2D eigenvalue weighted by molar-refractivity contribution is 6.35. The minimum Gasteiger partial charge on any atom is -0.497 e. The second kappa shape index (κ2) is 11.5. The third-order valence-electron chi connectivity index (χ3n) is 6.57. The first kappa shape index (κ1) is 26.3. The molecule has 1 N–H and O–H groups in total. The number of benzene rings is 2. The molecule has 2 aromatic carbocycles. The first-order valence-electron chi connectivity index (χ1n) is 11.9. The van der Waals surface area contributed by atoms with Crippen LogP contribution in [0.4, 0.5) is 0 Å². The molecule has 0 radical (unpaired) electrons. The van der Waals surface area contributed by atoms with Crippen LogP contribution < -0.4 is 10.1 Å². The molecule has 2 unspecified atom stereocenters. The summed E-state index contributed by atoms with van der Waals surface area (Å²) < 4.78 is 16.1. The molecule has 0 fully saturated rings. The van der Waals surface area contributed by atoms with Crippen molar-refractivity contribution >= 4 is 35.0 Å². The largest absolute Gasteiger partial charge is 0.497 e. The van der Waals surface area contributed by atoms with Gasteiger partial charge in [0.15, 0.2) is 5.78 Å². The maximum atomic E-state index is 13.7. The predicted molar refractivity (Wildman–Crippen MR) is 139 cm³/mol. The van der Waals surface area contributed by atoms with Crippen LogP contribution in [0.5, 0.6) is 5.75 Å². The lowest BCUT2D eigenvalue weighted by Gasteiger charge is -2.37. The van der Waals surface area contributed by atoms with E-state index in [1.807, 2.05) is 38.1 Å².